The topological polar surface area (TPSA) is 89.3 Å². The Kier molecular flexibility index (Phi) is 6.72. The summed E-state index contributed by atoms with van der Waals surface area (Å²) in [5.74, 6) is 0.983. The van der Waals surface area contributed by atoms with Gasteiger partial charge in [0.25, 0.3) is 5.69 Å². The molecule has 112 valence electrons. The first kappa shape index (κ1) is 16.2. The van der Waals surface area contributed by atoms with Crippen molar-refractivity contribution in [3.05, 3.63) is 22.2 Å². The second-order valence-electron chi connectivity index (χ2n) is 4.43. The van der Waals surface area contributed by atoms with Crippen LogP contribution in [0.2, 0.25) is 0 Å². The standard InChI is InChI=1S/C13H22N4O3/c1-4-6-14-12-7-11(17(18)19)8-13(16-12)15-9-10(3)20-5-2/h7-8,10H,4-6,9H2,1-3H3,(H2,14,15,16). The number of pyridine rings is 1. The van der Waals surface area contributed by atoms with Gasteiger partial charge >= 0.3 is 0 Å². The summed E-state index contributed by atoms with van der Waals surface area (Å²) in [6.07, 6.45) is 0.947. The molecule has 0 aliphatic heterocycles. The second-order valence-corrected chi connectivity index (χ2v) is 4.43. The minimum Gasteiger partial charge on any atom is -0.377 e. The van der Waals surface area contributed by atoms with Crippen LogP contribution in [0.4, 0.5) is 17.3 Å². The van der Waals surface area contributed by atoms with E-state index in [0.29, 0.717) is 24.8 Å². The van der Waals surface area contributed by atoms with Crippen molar-refractivity contribution < 1.29 is 9.66 Å². The number of aromatic nitrogens is 1. The molecule has 0 aromatic carbocycles. The molecule has 1 heterocycles. The number of nitrogens with zero attached hydrogens (tertiary/aromatic N) is 2. The van der Waals surface area contributed by atoms with E-state index in [0.717, 1.165) is 13.0 Å². The van der Waals surface area contributed by atoms with Crippen LogP contribution >= 0.6 is 0 Å². The van der Waals surface area contributed by atoms with E-state index in [1.165, 1.54) is 12.1 Å². The molecule has 1 aromatic heterocycles. The lowest BCUT2D eigenvalue weighted by Gasteiger charge is -2.13. The molecule has 1 aromatic rings. The lowest BCUT2D eigenvalue weighted by atomic mass is 10.3. The summed E-state index contributed by atoms with van der Waals surface area (Å²) >= 11 is 0. The summed E-state index contributed by atoms with van der Waals surface area (Å²) in [7, 11) is 0. The van der Waals surface area contributed by atoms with Crippen molar-refractivity contribution in [2.75, 3.05) is 30.3 Å². The van der Waals surface area contributed by atoms with Gasteiger partial charge in [-0.05, 0) is 20.3 Å². The summed E-state index contributed by atoms with van der Waals surface area (Å²) < 4.78 is 5.40. The number of nitro groups is 1. The van der Waals surface area contributed by atoms with Crippen molar-refractivity contribution in [3.63, 3.8) is 0 Å². The zero-order valence-electron chi connectivity index (χ0n) is 12.2. The molecule has 0 saturated heterocycles. The number of ether oxygens (including phenoxy) is 1. The fourth-order valence-corrected chi connectivity index (χ4v) is 1.65. The number of anilines is 2. The maximum atomic E-state index is 10.9. The van der Waals surface area contributed by atoms with Crippen LogP contribution < -0.4 is 10.6 Å². The van der Waals surface area contributed by atoms with Crippen LogP contribution in [0.5, 0.6) is 0 Å². The maximum absolute atomic E-state index is 10.9. The predicted molar refractivity (Wildman–Crippen MR) is 79.2 cm³/mol. The Morgan fingerprint density at radius 1 is 1.35 bits per heavy atom. The van der Waals surface area contributed by atoms with Crippen LogP contribution in [0.1, 0.15) is 27.2 Å². The monoisotopic (exact) mass is 282 g/mol. The molecular formula is C13H22N4O3. The Hall–Kier alpha value is -1.89. The van der Waals surface area contributed by atoms with Crippen molar-refractivity contribution in [1.29, 1.82) is 0 Å². The molecule has 0 amide bonds. The van der Waals surface area contributed by atoms with Crippen molar-refractivity contribution in [3.8, 4) is 0 Å². The van der Waals surface area contributed by atoms with Crippen LogP contribution in [0, 0.1) is 10.1 Å². The fourth-order valence-electron chi connectivity index (χ4n) is 1.65. The number of hydrogen-bond donors (Lipinski definition) is 2. The molecule has 0 fully saturated rings. The SMILES string of the molecule is CCCNc1cc([N+](=O)[O-])cc(NCC(C)OCC)n1. The minimum atomic E-state index is -0.421. The molecule has 0 aliphatic carbocycles. The van der Waals surface area contributed by atoms with E-state index in [9.17, 15) is 10.1 Å². The Morgan fingerprint density at radius 2 is 2.00 bits per heavy atom. The van der Waals surface area contributed by atoms with Crippen LogP contribution in [0.25, 0.3) is 0 Å². The minimum absolute atomic E-state index is 0.0187. The van der Waals surface area contributed by atoms with Gasteiger partial charge in [0.1, 0.15) is 11.6 Å². The highest BCUT2D eigenvalue weighted by atomic mass is 16.6. The van der Waals surface area contributed by atoms with Gasteiger partial charge in [-0.1, -0.05) is 6.92 Å². The third kappa shape index (κ3) is 5.40. The molecule has 2 N–H and O–H groups in total. The quantitative estimate of drug-likeness (QED) is 0.534. The van der Waals surface area contributed by atoms with Gasteiger partial charge in [0, 0.05) is 19.7 Å². The zero-order valence-corrected chi connectivity index (χ0v) is 12.2. The van der Waals surface area contributed by atoms with Crippen LogP contribution in [-0.2, 0) is 4.74 Å². The second kappa shape index (κ2) is 8.31. The number of hydrogen-bond acceptors (Lipinski definition) is 6. The van der Waals surface area contributed by atoms with Gasteiger partial charge in [-0.25, -0.2) is 4.98 Å². The first-order chi connectivity index (χ1) is 9.56. The molecule has 20 heavy (non-hydrogen) atoms. The van der Waals surface area contributed by atoms with Crippen LogP contribution in [0.15, 0.2) is 12.1 Å². The Labute approximate surface area is 118 Å². The Bertz CT molecular complexity index is 440. The van der Waals surface area contributed by atoms with Gasteiger partial charge in [-0.15, -0.1) is 0 Å². The summed E-state index contributed by atoms with van der Waals surface area (Å²) in [5, 5.41) is 17.0. The molecule has 1 unspecified atom stereocenters. The van der Waals surface area contributed by atoms with E-state index in [1.54, 1.807) is 0 Å². The van der Waals surface area contributed by atoms with Crippen LogP contribution in [0.3, 0.4) is 0 Å². The normalized spacial score (nSPS) is 11.9. The van der Waals surface area contributed by atoms with Gasteiger partial charge in [-0.3, -0.25) is 10.1 Å². The van der Waals surface area contributed by atoms with Gasteiger partial charge in [-0.2, -0.15) is 0 Å². The molecule has 0 spiro atoms. The van der Waals surface area contributed by atoms with Gasteiger partial charge < -0.3 is 15.4 Å². The van der Waals surface area contributed by atoms with E-state index in [-0.39, 0.29) is 11.8 Å². The van der Waals surface area contributed by atoms with Gasteiger partial charge in [0.15, 0.2) is 0 Å². The zero-order chi connectivity index (χ0) is 15.0. The summed E-state index contributed by atoms with van der Waals surface area (Å²) in [6.45, 7) is 7.79. The summed E-state index contributed by atoms with van der Waals surface area (Å²) in [5.41, 5.74) is 0.0187. The molecule has 0 bridgehead atoms. The van der Waals surface area contributed by atoms with Crippen LogP contribution in [-0.4, -0.2) is 35.7 Å². The molecule has 1 atom stereocenters. The third-order valence-electron chi connectivity index (χ3n) is 2.60. The maximum Gasteiger partial charge on any atom is 0.276 e. The lowest BCUT2D eigenvalue weighted by molar-refractivity contribution is -0.384. The van der Waals surface area contributed by atoms with Gasteiger partial charge in [0.2, 0.25) is 0 Å². The molecule has 0 saturated carbocycles. The molecule has 7 heteroatoms. The van der Waals surface area contributed by atoms with Gasteiger partial charge in [0.05, 0.1) is 23.2 Å². The van der Waals surface area contributed by atoms with E-state index in [2.05, 4.69) is 15.6 Å². The largest absolute Gasteiger partial charge is 0.377 e. The van der Waals surface area contributed by atoms with E-state index >= 15 is 0 Å². The average molecular weight is 282 g/mol. The van der Waals surface area contributed by atoms with Crippen molar-refractivity contribution >= 4 is 17.3 Å². The lowest BCUT2D eigenvalue weighted by Crippen LogP contribution is -2.20. The van der Waals surface area contributed by atoms with E-state index in [4.69, 9.17) is 4.74 Å². The Morgan fingerprint density at radius 3 is 2.55 bits per heavy atom. The van der Waals surface area contributed by atoms with Crippen molar-refractivity contribution in [2.24, 2.45) is 0 Å². The highest BCUT2D eigenvalue weighted by Crippen LogP contribution is 2.20. The smallest absolute Gasteiger partial charge is 0.276 e. The molecule has 1 rings (SSSR count). The highest BCUT2D eigenvalue weighted by Gasteiger charge is 2.11. The fraction of sp³-hybridized carbons (Fsp3) is 0.615. The average Bonchev–Trinajstić information content (AvgIpc) is 2.43. The molecule has 0 aliphatic rings. The molecule has 0 radical (unpaired) electrons. The van der Waals surface area contributed by atoms with Crippen molar-refractivity contribution in [2.45, 2.75) is 33.3 Å². The van der Waals surface area contributed by atoms with E-state index < -0.39 is 4.92 Å². The third-order valence-corrected chi connectivity index (χ3v) is 2.60. The summed E-state index contributed by atoms with van der Waals surface area (Å²) in [6, 6.07) is 2.86. The first-order valence-electron chi connectivity index (χ1n) is 6.82. The number of rotatable bonds is 9. The summed E-state index contributed by atoms with van der Waals surface area (Å²) in [4.78, 5) is 14.8. The number of nitrogens with one attached hydrogen (secondary N) is 2. The molecule has 7 nitrogen and oxygen atoms in total. The van der Waals surface area contributed by atoms with Crippen molar-refractivity contribution in [1.82, 2.24) is 4.98 Å². The van der Waals surface area contributed by atoms with E-state index in [1.807, 2.05) is 20.8 Å². The Balaban J connectivity index is 2.77. The highest BCUT2D eigenvalue weighted by molar-refractivity contribution is 5.54. The molecular weight excluding hydrogens is 260 g/mol. The predicted octanol–water partition coefficient (Wildman–Crippen LogP) is 2.65. The first-order valence-corrected chi connectivity index (χ1v) is 6.82.